The number of hydrogen-bond acceptors (Lipinski definition) is 3. The molecule has 1 aromatic rings. The quantitative estimate of drug-likeness (QED) is 0.830. The fourth-order valence-corrected chi connectivity index (χ4v) is 2.80. The largest absolute Gasteiger partial charge is 0.389 e. The van der Waals surface area contributed by atoms with Gasteiger partial charge in [0.15, 0.2) is 0 Å². The van der Waals surface area contributed by atoms with Crippen LogP contribution in [0.4, 0.5) is 5.82 Å². The third kappa shape index (κ3) is 2.73. The standard InChI is InChI=1S/C15H21N3S/c1-15(6-7-15)9-17-14-11(13(16)19)8-10-4-2-3-5-12(10)18-14/h8H,2-7,9H2,1H3,(H2,16,19)(H,17,18). The molecular formula is C15H21N3S. The van der Waals surface area contributed by atoms with Crippen molar-refractivity contribution in [1.82, 2.24) is 4.98 Å². The first kappa shape index (κ1) is 12.9. The molecule has 0 atom stereocenters. The number of pyridine rings is 1. The number of fused-ring (bicyclic) bond motifs is 1. The minimum absolute atomic E-state index is 0.448. The maximum Gasteiger partial charge on any atom is 0.136 e. The van der Waals surface area contributed by atoms with E-state index in [1.54, 1.807) is 0 Å². The van der Waals surface area contributed by atoms with Gasteiger partial charge < -0.3 is 11.1 Å². The number of nitrogens with zero attached hydrogens (tertiary/aromatic N) is 1. The number of hydrogen-bond donors (Lipinski definition) is 2. The molecule has 3 rings (SSSR count). The van der Waals surface area contributed by atoms with Crippen LogP contribution in [0.1, 0.15) is 49.4 Å². The third-order valence-electron chi connectivity index (χ3n) is 4.35. The van der Waals surface area contributed by atoms with Crippen molar-refractivity contribution < 1.29 is 0 Å². The van der Waals surface area contributed by atoms with Gasteiger partial charge in [-0.2, -0.15) is 0 Å². The second-order valence-corrected chi connectivity index (χ2v) is 6.67. The molecule has 1 heterocycles. The van der Waals surface area contributed by atoms with Crippen LogP contribution in [0.25, 0.3) is 0 Å². The van der Waals surface area contributed by atoms with Gasteiger partial charge in [0.25, 0.3) is 0 Å². The summed E-state index contributed by atoms with van der Waals surface area (Å²) >= 11 is 5.18. The topological polar surface area (TPSA) is 50.9 Å². The van der Waals surface area contributed by atoms with Gasteiger partial charge in [-0.3, -0.25) is 0 Å². The zero-order valence-electron chi connectivity index (χ0n) is 11.5. The molecule has 0 aliphatic heterocycles. The molecule has 4 heteroatoms. The highest BCUT2D eigenvalue weighted by atomic mass is 32.1. The molecule has 0 unspecified atom stereocenters. The van der Waals surface area contributed by atoms with E-state index in [0.717, 1.165) is 30.8 Å². The minimum Gasteiger partial charge on any atom is -0.389 e. The molecule has 102 valence electrons. The van der Waals surface area contributed by atoms with Crippen LogP contribution >= 0.6 is 12.2 Å². The number of aryl methyl sites for hydroxylation is 2. The van der Waals surface area contributed by atoms with E-state index in [2.05, 4.69) is 18.3 Å². The second kappa shape index (κ2) is 4.75. The van der Waals surface area contributed by atoms with E-state index in [0.29, 0.717) is 10.4 Å². The lowest BCUT2D eigenvalue weighted by Gasteiger charge is -2.20. The van der Waals surface area contributed by atoms with E-state index in [1.807, 2.05) is 0 Å². The Hall–Kier alpha value is -1.16. The van der Waals surface area contributed by atoms with Crippen LogP contribution in [0.3, 0.4) is 0 Å². The van der Waals surface area contributed by atoms with Gasteiger partial charge in [-0.15, -0.1) is 0 Å². The monoisotopic (exact) mass is 275 g/mol. The Labute approximate surface area is 120 Å². The second-order valence-electron chi connectivity index (χ2n) is 6.23. The lowest BCUT2D eigenvalue weighted by Crippen LogP contribution is -2.20. The van der Waals surface area contributed by atoms with Crippen LogP contribution in [0.5, 0.6) is 0 Å². The molecule has 3 N–H and O–H groups in total. The van der Waals surface area contributed by atoms with E-state index in [1.165, 1.54) is 36.9 Å². The fraction of sp³-hybridized carbons (Fsp3) is 0.600. The maximum atomic E-state index is 5.85. The average molecular weight is 275 g/mol. The number of thiocarbonyl (C=S) groups is 1. The van der Waals surface area contributed by atoms with E-state index in [4.69, 9.17) is 22.9 Å². The summed E-state index contributed by atoms with van der Waals surface area (Å²) in [6.45, 7) is 3.27. The van der Waals surface area contributed by atoms with Crippen molar-refractivity contribution in [3.8, 4) is 0 Å². The van der Waals surface area contributed by atoms with Gasteiger partial charge in [0.05, 0.1) is 5.56 Å². The molecular weight excluding hydrogens is 254 g/mol. The van der Waals surface area contributed by atoms with E-state index in [9.17, 15) is 0 Å². The Morgan fingerprint density at radius 1 is 1.42 bits per heavy atom. The normalized spacial score (nSPS) is 19.6. The van der Waals surface area contributed by atoms with Gasteiger partial charge >= 0.3 is 0 Å². The van der Waals surface area contributed by atoms with E-state index >= 15 is 0 Å². The summed E-state index contributed by atoms with van der Waals surface area (Å²) in [5.74, 6) is 0.890. The number of rotatable bonds is 4. The van der Waals surface area contributed by atoms with Crippen molar-refractivity contribution in [2.45, 2.75) is 45.4 Å². The van der Waals surface area contributed by atoms with Gasteiger partial charge in [0.2, 0.25) is 0 Å². The number of aromatic nitrogens is 1. The SMILES string of the molecule is CC1(CNc2nc3c(cc2C(N)=S)CCCC3)CC1. The predicted octanol–water partition coefficient (Wildman–Crippen LogP) is 2.81. The molecule has 19 heavy (non-hydrogen) atoms. The van der Waals surface area contributed by atoms with Gasteiger partial charge in [0, 0.05) is 12.2 Å². The van der Waals surface area contributed by atoms with Crippen molar-refractivity contribution in [3.63, 3.8) is 0 Å². The molecule has 0 amide bonds. The molecule has 1 saturated carbocycles. The fourth-order valence-electron chi connectivity index (χ4n) is 2.64. The summed E-state index contributed by atoms with van der Waals surface area (Å²) in [4.78, 5) is 5.24. The summed E-state index contributed by atoms with van der Waals surface area (Å²) in [6.07, 6.45) is 7.27. The predicted molar refractivity (Wildman–Crippen MR) is 82.6 cm³/mol. The number of nitrogens with two attached hydrogens (primary N) is 1. The third-order valence-corrected chi connectivity index (χ3v) is 4.57. The highest BCUT2D eigenvalue weighted by Crippen LogP contribution is 2.44. The maximum absolute atomic E-state index is 5.85. The Morgan fingerprint density at radius 3 is 2.84 bits per heavy atom. The van der Waals surface area contributed by atoms with Crippen molar-refractivity contribution >= 4 is 23.0 Å². The van der Waals surface area contributed by atoms with Crippen LogP contribution in [0.2, 0.25) is 0 Å². The molecule has 0 spiro atoms. The van der Waals surface area contributed by atoms with Gasteiger partial charge in [-0.1, -0.05) is 19.1 Å². The number of anilines is 1. The highest BCUT2D eigenvalue weighted by Gasteiger charge is 2.37. The van der Waals surface area contributed by atoms with Crippen LogP contribution in [-0.2, 0) is 12.8 Å². The average Bonchev–Trinajstić information content (AvgIpc) is 3.13. The lowest BCUT2D eigenvalue weighted by atomic mass is 9.94. The van der Waals surface area contributed by atoms with Crippen molar-refractivity contribution in [2.24, 2.45) is 11.1 Å². The van der Waals surface area contributed by atoms with Crippen LogP contribution in [0.15, 0.2) is 6.07 Å². The first-order valence-corrected chi connectivity index (χ1v) is 7.55. The van der Waals surface area contributed by atoms with Crippen LogP contribution in [-0.4, -0.2) is 16.5 Å². The number of nitrogens with one attached hydrogen (secondary N) is 1. The zero-order chi connectivity index (χ0) is 13.5. The van der Waals surface area contributed by atoms with Gasteiger partial charge in [-0.05, 0) is 55.6 Å². The lowest BCUT2D eigenvalue weighted by molar-refractivity contribution is 0.608. The first-order chi connectivity index (χ1) is 9.07. The van der Waals surface area contributed by atoms with Gasteiger partial charge in [0.1, 0.15) is 10.8 Å². The minimum atomic E-state index is 0.448. The smallest absolute Gasteiger partial charge is 0.136 e. The van der Waals surface area contributed by atoms with E-state index < -0.39 is 0 Å². The summed E-state index contributed by atoms with van der Waals surface area (Å²) in [6, 6.07) is 2.15. The highest BCUT2D eigenvalue weighted by molar-refractivity contribution is 7.80. The van der Waals surface area contributed by atoms with Crippen LogP contribution < -0.4 is 11.1 Å². The molecule has 0 aromatic carbocycles. The van der Waals surface area contributed by atoms with E-state index in [-0.39, 0.29) is 0 Å². The zero-order valence-corrected chi connectivity index (χ0v) is 12.3. The summed E-state index contributed by atoms with van der Waals surface area (Å²) < 4.78 is 0. The molecule has 1 aromatic heterocycles. The van der Waals surface area contributed by atoms with Gasteiger partial charge in [-0.25, -0.2) is 4.98 Å². The molecule has 3 nitrogen and oxygen atoms in total. The molecule has 2 aliphatic rings. The molecule has 1 fully saturated rings. The molecule has 0 saturated heterocycles. The van der Waals surface area contributed by atoms with Crippen LogP contribution in [0, 0.1) is 5.41 Å². The summed E-state index contributed by atoms with van der Waals surface area (Å²) in [7, 11) is 0. The van der Waals surface area contributed by atoms with Crippen molar-refractivity contribution in [1.29, 1.82) is 0 Å². The summed E-state index contributed by atoms with van der Waals surface area (Å²) in [5, 5.41) is 3.47. The molecule has 0 radical (unpaired) electrons. The molecule has 0 bridgehead atoms. The Balaban J connectivity index is 1.89. The Bertz CT molecular complexity index is 520. The first-order valence-electron chi connectivity index (χ1n) is 7.14. The molecule has 2 aliphatic carbocycles. The Morgan fingerprint density at radius 2 is 2.16 bits per heavy atom. The summed E-state index contributed by atoms with van der Waals surface area (Å²) in [5.41, 5.74) is 9.78. The van der Waals surface area contributed by atoms with Crippen molar-refractivity contribution in [3.05, 3.63) is 22.9 Å². The Kier molecular flexibility index (Phi) is 3.21. The van der Waals surface area contributed by atoms with Crippen molar-refractivity contribution in [2.75, 3.05) is 11.9 Å².